The molecule has 0 unspecified atom stereocenters. The van der Waals surface area contributed by atoms with Crippen molar-refractivity contribution in [3.63, 3.8) is 0 Å². The Hall–Kier alpha value is -0.540. The molecule has 1 aromatic carbocycles. The van der Waals surface area contributed by atoms with Crippen LogP contribution >= 0.6 is 15.9 Å². The van der Waals surface area contributed by atoms with Crippen LogP contribution in [0.3, 0.4) is 0 Å². The average Bonchev–Trinajstić information content (AvgIpc) is 2.83. The lowest BCUT2D eigenvalue weighted by molar-refractivity contribution is 0.140. The minimum Gasteiger partial charge on any atom is -0.508 e. The van der Waals surface area contributed by atoms with Gasteiger partial charge >= 0.3 is 0 Å². The first kappa shape index (κ1) is 9.99. The second-order valence-corrected chi connectivity index (χ2v) is 4.82. The average molecular weight is 257 g/mol. The van der Waals surface area contributed by atoms with Gasteiger partial charge in [0.1, 0.15) is 5.75 Å². The summed E-state index contributed by atoms with van der Waals surface area (Å²) in [7, 11) is 0. The lowest BCUT2D eigenvalue weighted by atomic mass is 10.0. The molecule has 0 aromatic heterocycles. The van der Waals surface area contributed by atoms with Gasteiger partial charge in [-0.05, 0) is 37.8 Å². The third kappa shape index (κ3) is 2.10. The maximum absolute atomic E-state index is 9.67. The highest BCUT2D eigenvalue weighted by Crippen LogP contribution is 2.40. The second-order valence-electron chi connectivity index (χ2n) is 3.96. The molecule has 2 nitrogen and oxygen atoms in total. The number of phenolic OH excluding ortho intramolecular Hbond substituents is 1. The SMILES string of the molecule is Oc1cccc(Br)c1CCC1(O)CC1. The highest BCUT2D eigenvalue weighted by atomic mass is 79.9. The predicted molar refractivity (Wildman–Crippen MR) is 58.3 cm³/mol. The van der Waals surface area contributed by atoms with E-state index >= 15 is 0 Å². The molecule has 1 fully saturated rings. The molecule has 0 spiro atoms. The van der Waals surface area contributed by atoms with Gasteiger partial charge in [-0.25, -0.2) is 0 Å². The Balaban J connectivity index is 2.08. The predicted octanol–water partition coefficient (Wildman–Crippen LogP) is 2.61. The van der Waals surface area contributed by atoms with E-state index in [1.165, 1.54) is 0 Å². The van der Waals surface area contributed by atoms with E-state index in [2.05, 4.69) is 15.9 Å². The van der Waals surface area contributed by atoms with Crippen molar-refractivity contribution < 1.29 is 10.2 Å². The molecule has 1 aliphatic rings. The Morgan fingerprint density at radius 1 is 1.36 bits per heavy atom. The highest BCUT2D eigenvalue weighted by Gasteiger charge is 2.39. The Bertz CT molecular complexity index is 325. The first-order valence-electron chi connectivity index (χ1n) is 4.79. The van der Waals surface area contributed by atoms with Crippen molar-refractivity contribution in [2.24, 2.45) is 0 Å². The van der Waals surface area contributed by atoms with Crippen LogP contribution in [-0.2, 0) is 6.42 Å². The number of phenols is 1. The number of aromatic hydroxyl groups is 1. The number of hydrogen-bond acceptors (Lipinski definition) is 2. The molecule has 2 rings (SSSR count). The van der Waals surface area contributed by atoms with Crippen LogP contribution < -0.4 is 0 Å². The Morgan fingerprint density at radius 3 is 2.64 bits per heavy atom. The van der Waals surface area contributed by atoms with Crippen LogP contribution in [0.15, 0.2) is 22.7 Å². The standard InChI is InChI=1S/C11H13BrO2/c12-9-2-1-3-10(13)8(9)4-5-11(14)6-7-11/h1-3,13-14H,4-7H2. The first-order valence-corrected chi connectivity index (χ1v) is 5.59. The van der Waals surface area contributed by atoms with Crippen LogP contribution in [0.1, 0.15) is 24.8 Å². The van der Waals surface area contributed by atoms with Crippen molar-refractivity contribution >= 4 is 15.9 Å². The van der Waals surface area contributed by atoms with Gasteiger partial charge < -0.3 is 10.2 Å². The quantitative estimate of drug-likeness (QED) is 0.873. The van der Waals surface area contributed by atoms with Crippen molar-refractivity contribution in [3.05, 3.63) is 28.2 Å². The molecule has 76 valence electrons. The van der Waals surface area contributed by atoms with Crippen LogP contribution in [0.25, 0.3) is 0 Å². The topological polar surface area (TPSA) is 40.5 Å². The summed E-state index contributed by atoms with van der Waals surface area (Å²) in [5.41, 5.74) is 0.453. The lowest BCUT2D eigenvalue weighted by Gasteiger charge is -2.10. The smallest absolute Gasteiger partial charge is 0.119 e. The van der Waals surface area contributed by atoms with Crippen LogP contribution in [0.2, 0.25) is 0 Å². The van der Waals surface area contributed by atoms with Gasteiger partial charge in [0.15, 0.2) is 0 Å². The molecular weight excluding hydrogens is 244 g/mol. The molecule has 0 aliphatic heterocycles. The number of benzene rings is 1. The fourth-order valence-electron chi connectivity index (χ4n) is 1.55. The number of hydrogen-bond donors (Lipinski definition) is 2. The number of aliphatic hydroxyl groups is 1. The molecule has 0 heterocycles. The Labute approximate surface area is 91.7 Å². The molecule has 1 aliphatic carbocycles. The van der Waals surface area contributed by atoms with Gasteiger partial charge in [0.2, 0.25) is 0 Å². The molecule has 0 saturated heterocycles. The summed E-state index contributed by atoms with van der Waals surface area (Å²) in [4.78, 5) is 0. The number of halogens is 1. The normalized spacial score (nSPS) is 18.1. The van der Waals surface area contributed by atoms with Gasteiger partial charge in [-0.15, -0.1) is 0 Å². The molecular formula is C11H13BrO2. The molecule has 0 atom stereocenters. The fourth-order valence-corrected chi connectivity index (χ4v) is 2.10. The zero-order valence-corrected chi connectivity index (χ0v) is 9.42. The van der Waals surface area contributed by atoms with E-state index < -0.39 is 5.60 Å². The molecule has 3 heteroatoms. The maximum atomic E-state index is 9.67. The third-order valence-corrected chi connectivity index (χ3v) is 3.50. The highest BCUT2D eigenvalue weighted by molar-refractivity contribution is 9.10. The van der Waals surface area contributed by atoms with E-state index in [4.69, 9.17) is 0 Å². The van der Waals surface area contributed by atoms with E-state index in [1.54, 1.807) is 12.1 Å². The van der Waals surface area contributed by atoms with Crippen molar-refractivity contribution in [3.8, 4) is 5.75 Å². The molecule has 0 bridgehead atoms. The lowest BCUT2D eigenvalue weighted by Crippen LogP contribution is -2.07. The minimum absolute atomic E-state index is 0.309. The summed E-state index contributed by atoms with van der Waals surface area (Å²) >= 11 is 3.39. The van der Waals surface area contributed by atoms with E-state index in [1.807, 2.05) is 6.07 Å². The Morgan fingerprint density at radius 2 is 2.07 bits per heavy atom. The summed E-state index contributed by atoms with van der Waals surface area (Å²) in [5.74, 6) is 0.309. The van der Waals surface area contributed by atoms with Gasteiger partial charge in [-0.1, -0.05) is 22.0 Å². The van der Waals surface area contributed by atoms with Crippen LogP contribution in [0.5, 0.6) is 5.75 Å². The van der Waals surface area contributed by atoms with Crippen molar-refractivity contribution in [1.82, 2.24) is 0 Å². The van der Waals surface area contributed by atoms with E-state index in [0.29, 0.717) is 5.75 Å². The summed E-state index contributed by atoms with van der Waals surface area (Å²) in [6.45, 7) is 0. The maximum Gasteiger partial charge on any atom is 0.119 e. The second kappa shape index (κ2) is 3.55. The van der Waals surface area contributed by atoms with Crippen molar-refractivity contribution in [2.45, 2.75) is 31.3 Å². The summed E-state index contributed by atoms with van der Waals surface area (Å²) in [5, 5.41) is 19.3. The van der Waals surface area contributed by atoms with Crippen molar-refractivity contribution in [1.29, 1.82) is 0 Å². The first-order chi connectivity index (χ1) is 6.61. The monoisotopic (exact) mass is 256 g/mol. The van der Waals surface area contributed by atoms with Gasteiger partial charge in [0, 0.05) is 10.0 Å². The zero-order chi connectivity index (χ0) is 10.2. The van der Waals surface area contributed by atoms with Gasteiger partial charge in [0.05, 0.1) is 5.60 Å². The number of rotatable bonds is 3. The van der Waals surface area contributed by atoms with E-state index in [9.17, 15) is 10.2 Å². The van der Waals surface area contributed by atoms with E-state index in [-0.39, 0.29) is 0 Å². The third-order valence-electron chi connectivity index (χ3n) is 2.76. The molecule has 0 radical (unpaired) electrons. The van der Waals surface area contributed by atoms with Crippen LogP contribution in [-0.4, -0.2) is 15.8 Å². The molecule has 1 aromatic rings. The van der Waals surface area contributed by atoms with Gasteiger partial charge in [-0.3, -0.25) is 0 Å². The summed E-state index contributed by atoms with van der Waals surface area (Å²) in [6, 6.07) is 5.39. The zero-order valence-electron chi connectivity index (χ0n) is 7.83. The largest absolute Gasteiger partial charge is 0.508 e. The molecule has 2 N–H and O–H groups in total. The fraction of sp³-hybridized carbons (Fsp3) is 0.455. The summed E-state index contributed by atoms with van der Waals surface area (Å²) in [6.07, 6.45) is 3.27. The molecule has 14 heavy (non-hydrogen) atoms. The molecule has 0 amide bonds. The van der Waals surface area contributed by atoms with E-state index in [0.717, 1.165) is 35.7 Å². The van der Waals surface area contributed by atoms with Crippen molar-refractivity contribution in [2.75, 3.05) is 0 Å². The van der Waals surface area contributed by atoms with Crippen LogP contribution in [0, 0.1) is 0 Å². The Kier molecular flexibility index (Phi) is 2.54. The molecule has 1 saturated carbocycles. The van der Waals surface area contributed by atoms with Gasteiger partial charge in [0.25, 0.3) is 0 Å². The summed E-state index contributed by atoms with van der Waals surface area (Å²) < 4.78 is 0.918. The van der Waals surface area contributed by atoms with Gasteiger partial charge in [-0.2, -0.15) is 0 Å². The van der Waals surface area contributed by atoms with Crippen LogP contribution in [0.4, 0.5) is 0 Å². The minimum atomic E-state index is -0.443.